The van der Waals surface area contributed by atoms with Crippen molar-refractivity contribution < 1.29 is 4.74 Å². The Hall–Kier alpha value is -1.52. The van der Waals surface area contributed by atoms with Crippen LogP contribution < -0.4 is 15.8 Å². The van der Waals surface area contributed by atoms with E-state index < -0.39 is 0 Å². The molecule has 1 heterocycles. The normalized spacial score (nSPS) is 9.69. The van der Waals surface area contributed by atoms with Crippen LogP contribution in [-0.2, 0) is 0 Å². The zero-order chi connectivity index (χ0) is 9.68. The summed E-state index contributed by atoms with van der Waals surface area (Å²) in [6, 6.07) is 0. The number of rotatable bonds is 4. The fourth-order valence-corrected chi connectivity index (χ4v) is 0.926. The molecule has 1 aromatic heterocycles. The van der Waals surface area contributed by atoms with Gasteiger partial charge in [-0.2, -0.15) is 4.98 Å². The lowest BCUT2D eigenvalue weighted by Crippen LogP contribution is -2.07. The van der Waals surface area contributed by atoms with Crippen LogP contribution in [0.4, 0.5) is 11.5 Å². The molecule has 1 aromatic rings. The van der Waals surface area contributed by atoms with Crippen LogP contribution in [0.3, 0.4) is 0 Å². The molecule has 0 atom stereocenters. The summed E-state index contributed by atoms with van der Waals surface area (Å²) < 4.78 is 4.95. The van der Waals surface area contributed by atoms with E-state index in [2.05, 4.69) is 22.2 Å². The predicted octanol–water partition coefficient (Wildman–Crippen LogP) is 0.889. The first kappa shape index (κ1) is 9.57. The summed E-state index contributed by atoms with van der Waals surface area (Å²) in [6.07, 6.45) is 2.44. The standard InChI is InChI=1S/C8H14N4O/c1-3-4-10-7-6(9)8(13-2)12-5-11-7/h5H,3-4,9H2,1-2H3,(H,10,11,12). The second-order valence-corrected chi connectivity index (χ2v) is 2.57. The first-order valence-electron chi connectivity index (χ1n) is 4.18. The van der Waals surface area contributed by atoms with E-state index in [1.807, 2.05) is 0 Å². The topological polar surface area (TPSA) is 73.1 Å². The Balaban J connectivity index is 2.81. The highest BCUT2D eigenvalue weighted by Gasteiger charge is 2.06. The minimum atomic E-state index is 0.411. The van der Waals surface area contributed by atoms with Crippen LogP contribution in [0.2, 0.25) is 0 Å². The van der Waals surface area contributed by atoms with Gasteiger partial charge in [0.15, 0.2) is 5.82 Å². The van der Waals surface area contributed by atoms with E-state index in [9.17, 15) is 0 Å². The molecule has 1 rings (SSSR count). The third-order valence-corrected chi connectivity index (χ3v) is 1.58. The van der Waals surface area contributed by atoms with Crippen LogP contribution in [0, 0.1) is 0 Å². The molecule has 0 spiro atoms. The van der Waals surface area contributed by atoms with Crippen molar-refractivity contribution in [1.29, 1.82) is 0 Å². The fourth-order valence-electron chi connectivity index (χ4n) is 0.926. The lowest BCUT2D eigenvalue weighted by atomic mass is 10.4. The number of hydrogen-bond donors (Lipinski definition) is 2. The maximum Gasteiger partial charge on any atom is 0.242 e. The maximum absolute atomic E-state index is 5.72. The molecule has 0 aliphatic heterocycles. The fraction of sp³-hybridized carbons (Fsp3) is 0.500. The van der Waals surface area contributed by atoms with Crippen molar-refractivity contribution in [3.63, 3.8) is 0 Å². The number of nitrogens with zero attached hydrogens (tertiary/aromatic N) is 2. The van der Waals surface area contributed by atoms with E-state index in [0.29, 0.717) is 17.4 Å². The molecule has 5 nitrogen and oxygen atoms in total. The smallest absolute Gasteiger partial charge is 0.242 e. The Labute approximate surface area is 77.3 Å². The van der Waals surface area contributed by atoms with Crippen molar-refractivity contribution in [3.8, 4) is 5.88 Å². The molecule has 0 saturated heterocycles. The molecule has 0 saturated carbocycles. The Morgan fingerprint density at radius 3 is 2.92 bits per heavy atom. The third kappa shape index (κ3) is 2.21. The maximum atomic E-state index is 5.72. The van der Waals surface area contributed by atoms with Crippen LogP contribution in [0.5, 0.6) is 5.88 Å². The lowest BCUT2D eigenvalue weighted by molar-refractivity contribution is 0.399. The van der Waals surface area contributed by atoms with Gasteiger partial charge in [0, 0.05) is 6.54 Å². The second kappa shape index (κ2) is 4.49. The first-order valence-corrected chi connectivity index (χ1v) is 4.18. The van der Waals surface area contributed by atoms with Crippen molar-refractivity contribution in [2.75, 3.05) is 24.7 Å². The molecule has 0 aliphatic rings. The average molecular weight is 182 g/mol. The molecule has 0 aliphatic carbocycles. The molecule has 0 bridgehead atoms. The highest BCUT2D eigenvalue weighted by Crippen LogP contribution is 2.23. The van der Waals surface area contributed by atoms with Crippen LogP contribution in [0.15, 0.2) is 6.33 Å². The van der Waals surface area contributed by atoms with E-state index in [0.717, 1.165) is 13.0 Å². The van der Waals surface area contributed by atoms with Crippen LogP contribution in [0.1, 0.15) is 13.3 Å². The Morgan fingerprint density at radius 1 is 1.54 bits per heavy atom. The van der Waals surface area contributed by atoms with Crippen LogP contribution in [0.25, 0.3) is 0 Å². The molecule has 0 radical (unpaired) electrons. The first-order chi connectivity index (χ1) is 6.29. The second-order valence-electron chi connectivity index (χ2n) is 2.57. The quantitative estimate of drug-likeness (QED) is 0.723. The summed E-state index contributed by atoms with van der Waals surface area (Å²) >= 11 is 0. The molecule has 0 amide bonds. The van der Waals surface area contributed by atoms with Gasteiger partial charge in [-0.25, -0.2) is 4.98 Å². The number of anilines is 2. The van der Waals surface area contributed by atoms with Crippen molar-refractivity contribution >= 4 is 11.5 Å². The highest BCUT2D eigenvalue weighted by molar-refractivity contribution is 5.66. The number of nitrogens with two attached hydrogens (primary N) is 1. The molecule has 13 heavy (non-hydrogen) atoms. The minimum absolute atomic E-state index is 0.411. The van der Waals surface area contributed by atoms with Crippen molar-refractivity contribution in [3.05, 3.63) is 6.33 Å². The van der Waals surface area contributed by atoms with Gasteiger partial charge in [0.2, 0.25) is 5.88 Å². The van der Waals surface area contributed by atoms with Gasteiger partial charge in [-0.15, -0.1) is 0 Å². The third-order valence-electron chi connectivity index (χ3n) is 1.58. The van der Waals surface area contributed by atoms with E-state index in [4.69, 9.17) is 10.5 Å². The van der Waals surface area contributed by atoms with Gasteiger partial charge in [0.1, 0.15) is 12.0 Å². The largest absolute Gasteiger partial charge is 0.479 e. The van der Waals surface area contributed by atoms with Gasteiger partial charge in [-0.05, 0) is 6.42 Å². The molecular formula is C8H14N4O. The summed E-state index contributed by atoms with van der Waals surface area (Å²) in [5, 5.41) is 3.08. The van der Waals surface area contributed by atoms with Gasteiger partial charge in [0.25, 0.3) is 0 Å². The molecule has 72 valence electrons. The van der Waals surface area contributed by atoms with Gasteiger partial charge in [-0.1, -0.05) is 6.92 Å². The predicted molar refractivity (Wildman–Crippen MR) is 51.8 cm³/mol. The van der Waals surface area contributed by atoms with E-state index >= 15 is 0 Å². The zero-order valence-corrected chi connectivity index (χ0v) is 7.87. The molecule has 3 N–H and O–H groups in total. The van der Waals surface area contributed by atoms with Crippen LogP contribution >= 0.6 is 0 Å². The zero-order valence-electron chi connectivity index (χ0n) is 7.87. The van der Waals surface area contributed by atoms with Crippen molar-refractivity contribution in [2.24, 2.45) is 0 Å². The summed E-state index contributed by atoms with van der Waals surface area (Å²) in [5.41, 5.74) is 6.18. The molecule has 0 aromatic carbocycles. The molecule has 0 fully saturated rings. The Bertz CT molecular complexity index is 277. The molecule has 0 unspecified atom stereocenters. The van der Waals surface area contributed by atoms with Gasteiger partial charge < -0.3 is 15.8 Å². The number of hydrogen-bond acceptors (Lipinski definition) is 5. The summed E-state index contributed by atoms with van der Waals surface area (Å²) in [5.74, 6) is 1.04. The van der Waals surface area contributed by atoms with Crippen molar-refractivity contribution in [1.82, 2.24) is 9.97 Å². The van der Waals surface area contributed by atoms with E-state index in [1.54, 1.807) is 0 Å². The number of nitrogens with one attached hydrogen (secondary N) is 1. The summed E-state index contributed by atoms with van der Waals surface area (Å²) in [6.45, 7) is 2.91. The van der Waals surface area contributed by atoms with Crippen LogP contribution in [-0.4, -0.2) is 23.6 Å². The number of aromatic nitrogens is 2. The van der Waals surface area contributed by atoms with E-state index in [1.165, 1.54) is 13.4 Å². The monoisotopic (exact) mass is 182 g/mol. The van der Waals surface area contributed by atoms with Gasteiger partial charge in [0.05, 0.1) is 7.11 Å². The Kier molecular flexibility index (Phi) is 3.31. The number of ether oxygens (including phenoxy) is 1. The lowest BCUT2D eigenvalue weighted by Gasteiger charge is -2.08. The molecule has 5 heteroatoms. The van der Waals surface area contributed by atoms with Crippen molar-refractivity contribution in [2.45, 2.75) is 13.3 Å². The number of nitrogen functional groups attached to an aromatic ring is 1. The summed E-state index contributed by atoms with van der Waals surface area (Å²) in [7, 11) is 1.53. The SMILES string of the molecule is CCCNc1ncnc(OC)c1N. The summed E-state index contributed by atoms with van der Waals surface area (Å²) in [4.78, 5) is 7.86. The van der Waals surface area contributed by atoms with E-state index in [-0.39, 0.29) is 0 Å². The highest BCUT2D eigenvalue weighted by atomic mass is 16.5. The Morgan fingerprint density at radius 2 is 2.31 bits per heavy atom. The minimum Gasteiger partial charge on any atom is -0.479 e. The van der Waals surface area contributed by atoms with Gasteiger partial charge in [-0.3, -0.25) is 0 Å². The van der Waals surface area contributed by atoms with Gasteiger partial charge >= 0.3 is 0 Å². The number of methoxy groups -OCH3 is 1. The average Bonchev–Trinajstić information content (AvgIpc) is 2.16. The molecular weight excluding hydrogens is 168 g/mol.